The molecule has 0 N–H and O–H groups in total. The molecule has 0 spiro atoms. The van der Waals surface area contributed by atoms with E-state index in [1.54, 1.807) is 0 Å². The summed E-state index contributed by atoms with van der Waals surface area (Å²) >= 11 is 0. The van der Waals surface area contributed by atoms with Gasteiger partial charge >= 0.3 is 8.80 Å². The third kappa shape index (κ3) is 17.5. The van der Waals surface area contributed by atoms with Crippen LogP contribution in [0.5, 0.6) is 0 Å². The summed E-state index contributed by atoms with van der Waals surface area (Å²) < 4.78 is 26.3. The molecule has 0 amide bonds. The lowest BCUT2D eigenvalue weighted by atomic mass is 10.1. The van der Waals surface area contributed by atoms with E-state index in [2.05, 4.69) is 78.9 Å². The zero-order valence-electron chi connectivity index (χ0n) is 22.5. The molecular formula is C21H54O4Si5. The molecule has 182 valence electrons. The fourth-order valence-electron chi connectivity index (χ4n) is 3.68. The van der Waals surface area contributed by atoms with Crippen molar-refractivity contribution < 1.29 is 16.8 Å². The molecule has 0 atom stereocenters. The largest absolute Gasteiger partial charge is 0.469 e. The summed E-state index contributed by atoms with van der Waals surface area (Å²) in [5, 5.41) is 0. The second-order valence-electron chi connectivity index (χ2n) is 12.1. The number of hydrogen-bond donors (Lipinski definition) is 0. The predicted molar refractivity (Wildman–Crippen MR) is 145 cm³/mol. The van der Waals surface area contributed by atoms with Gasteiger partial charge in [-0.1, -0.05) is 32.1 Å². The van der Waals surface area contributed by atoms with Gasteiger partial charge in [0.2, 0.25) is 0 Å². The maximum atomic E-state index is 6.78. The van der Waals surface area contributed by atoms with Gasteiger partial charge in [-0.25, -0.2) is 0 Å². The summed E-state index contributed by atoms with van der Waals surface area (Å²) in [7, 11) is -9.31. The molecule has 0 saturated heterocycles. The SMILES string of the molecule is CCO[Si](C)(C)CCCCCCCC[Si](O[Si](C)(C)C)(O[Si](C)(C)C)O[Si](C)(C)C. The topological polar surface area (TPSA) is 36.9 Å². The molecule has 0 unspecified atom stereocenters. The van der Waals surface area contributed by atoms with Crippen molar-refractivity contribution in [2.24, 2.45) is 0 Å². The van der Waals surface area contributed by atoms with Crippen LogP contribution < -0.4 is 0 Å². The fraction of sp³-hybridized carbons (Fsp3) is 1.00. The highest BCUT2D eigenvalue weighted by Crippen LogP contribution is 2.30. The van der Waals surface area contributed by atoms with E-state index < -0.39 is 42.1 Å². The molecule has 0 aromatic carbocycles. The highest BCUT2D eigenvalue weighted by molar-refractivity contribution is 6.90. The van der Waals surface area contributed by atoms with Crippen LogP contribution in [-0.2, 0) is 16.8 Å². The van der Waals surface area contributed by atoms with Crippen LogP contribution in [-0.4, -0.2) is 48.7 Å². The Morgan fingerprint density at radius 1 is 0.467 bits per heavy atom. The molecule has 0 rings (SSSR count). The highest BCUT2D eigenvalue weighted by atomic mass is 28.5. The summed E-state index contributed by atoms with van der Waals surface area (Å²) in [5.74, 6) is 0. The van der Waals surface area contributed by atoms with Crippen LogP contribution >= 0.6 is 0 Å². The van der Waals surface area contributed by atoms with Gasteiger partial charge in [0, 0.05) is 12.7 Å². The lowest BCUT2D eigenvalue weighted by molar-refractivity contribution is 0.250. The van der Waals surface area contributed by atoms with Gasteiger partial charge in [-0.15, -0.1) is 0 Å². The Bertz CT molecular complexity index is 427. The molecule has 0 aromatic heterocycles. The molecule has 0 radical (unpaired) electrons. The minimum absolute atomic E-state index is 0.864. The van der Waals surface area contributed by atoms with Crippen molar-refractivity contribution in [1.82, 2.24) is 0 Å². The van der Waals surface area contributed by atoms with Crippen LogP contribution in [0.15, 0.2) is 0 Å². The van der Waals surface area contributed by atoms with Crippen molar-refractivity contribution in [3.63, 3.8) is 0 Å². The van der Waals surface area contributed by atoms with E-state index in [1.807, 2.05) is 0 Å². The highest BCUT2D eigenvalue weighted by Gasteiger charge is 2.49. The molecule has 0 saturated carbocycles. The van der Waals surface area contributed by atoms with Crippen molar-refractivity contribution in [1.29, 1.82) is 0 Å². The van der Waals surface area contributed by atoms with Gasteiger partial charge in [0.15, 0.2) is 33.3 Å². The fourth-order valence-corrected chi connectivity index (χ4v) is 20.4. The Morgan fingerprint density at radius 2 is 0.800 bits per heavy atom. The molecule has 0 heterocycles. The molecular weight excluding hydrogens is 457 g/mol. The average Bonchev–Trinajstić information content (AvgIpc) is 2.44. The summed E-state index contributed by atoms with van der Waals surface area (Å²) in [4.78, 5) is 0. The van der Waals surface area contributed by atoms with E-state index >= 15 is 0 Å². The molecule has 0 aromatic rings. The van der Waals surface area contributed by atoms with Crippen molar-refractivity contribution in [2.45, 2.75) is 130 Å². The third-order valence-corrected chi connectivity index (χ3v) is 19.1. The maximum Gasteiger partial charge on any atom is 0.469 e. The second kappa shape index (κ2) is 13.0. The van der Waals surface area contributed by atoms with Gasteiger partial charge < -0.3 is 16.8 Å². The van der Waals surface area contributed by atoms with Crippen molar-refractivity contribution in [2.75, 3.05) is 6.61 Å². The average molecular weight is 511 g/mol. The van der Waals surface area contributed by atoms with Crippen LogP contribution in [0.3, 0.4) is 0 Å². The molecule has 0 aliphatic carbocycles. The quantitative estimate of drug-likeness (QED) is 0.146. The van der Waals surface area contributed by atoms with E-state index in [1.165, 1.54) is 38.1 Å². The first-order chi connectivity index (χ1) is 13.4. The standard InChI is InChI=1S/C21H54O4Si5/c1-13-22-29(11,12)20-18-16-14-15-17-19-21-30(23-26(2,3)4,24-27(5,6)7)25-28(8,9)10/h13-21H2,1-12H3. The lowest BCUT2D eigenvalue weighted by Crippen LogP contribution is -2.60. The van der Waals surface area contributed by atoms with Crippen LogP contribution in [0.4, 0.5) is 0 Å². The van der Waals surface area contributed by atoms with Crippen molar-refractivity contribution in [3.8, 4) is 0 Å². The Balaban J connectivity index is 4.71. The van der Waals surface area contributed by atoms with Crippen molar-refractivity contribution in [3.05, 3.63) is 0 Å². The second-order valence-corrected chi connectivity index (χ2v) is 33.4. The third-order valence-electron chi connectivity index (χ3n) is 4.43. The first kappa shape index (κ1) is 30.9. The Morgan fingerprint density at radius 3 is 1.13 bits per heavy atom. The van der Waals surface area contributed by atoms with E-state index in [-0.39, 0.29) is 0 Å². The van der Waals surface area contributed by atoms with E-state index in [4.69, 9.17) is 16.8 Å². The molecule has 9 heteroatoms. The van der Waals surface area contributed by atoms with Crippen LogP contribution in [0.1, 0.15) is 45.4 Å². The molecule has 30 heavy (non-hydrogen) atoms. The predicted octanol–water partition coefficient (Wildman–Crippen LogP) is 8.06. The minimum atomic E-state index is -2.64. The molecule has 0 aliphatic rings. The smallest absolute Gasteiger partial charge is 0.418 e. The molecule has 0 fully saturated rings. The number of unbranched alkanes of at least 4 members (excludes halogenated alkanes) is 5. The van der Waals surface area contributed by atoms with Crippen LogP contribution in [0.2, 0.25) is 84.1 Å². The maximum absolute atomic E-state index is 6.78. The van der Waals surface area contributed by atoms with Crippen LogP contribution in [0, 0.1) is 0 Å². The van der Waals surface area contributed by atoms with Gasteiger partial charge in [0.05, 0.1) is 0 Å². The van der Waals surface area contributed by atoms with E-state index in [9.17, 15) is 0 Å². The zero-order valence-corrected chi connectivity index (χ0v) is 27.5. The summed E-state index contributed by atoms with van der Waals surface area (Å²) in [6.07, 6.45) is 7.67. The molecule has 0 bridgehead atoms. The normalized spacial score (nSPS) is 14.4. The zero-order chi connectivity index (χ0) is 23.7. The lowest BCUT2D eigenvalue weighted by Gasteiger charge is -2.43. The summed E-state index contributed by atoms with van der Waals surface area (Å²) in [5.41, 5.74) is 0. The Hall–Kier alpha value is 0.924. The van der Waals surface area contributed by atoms with Gasteiger partial charge in [-0.3, -0.25) is 0 Å². The first-order valence-corrected chi connectivity index (χ1v) is 27.4. The van der Waals surface area contributed by atoms with Gasteiger partial charge in [0.1, 0.15) is 0 Å². The molecule has 4 nitrogen and oxygen atoms in total. The van der Waals surface area contributed by atoms with E-state index in [0.717, 1.165) is 19.1 Å². The summed E-state index contributed by atoms with van der Waals surface area (Å²) in [6.45, 7) is 28.1. The van der Waals surface area contributed by atoms with E-state index in [0.29, 0.717) is 0 Å². The van der Waals surface area contributed by atoms with Crippen LogP contribution in [0.25, 0.3) is 0 Å². The van der Waals surface area contributed by atoms with Crippen molar-refractivity contribution >= 4 is 42.1 Å². The van der Waals surface area contributed by atoms with Gasteiger partial charge in [0.25, 0.3) is 0 Å². The van der Waals surface area contributed by atoms with Gasteiger partial charge in [-0.2, -0.15) is 0 Å². The Labute approximate surface area is 194 Å². The molecule has 0 aliphatic heterocycles. The summed E-state index contributed by atoms with van der Waals surface area (Å²) in [6, 6.07) is 2.27. The van der Waals surface area contributed by atoms with Gasteiger partial charge in [-0.05, 0) is 91.4 Å². The minimum Gasteiger partial charge on any atom is -0.418 e. The monoisotopic (exact) mass is 510 g/mol. The Kier molecular flexibility index (Phi) is 13.4. The first-order valence-electron chi connectivity index (χ1n) is 12.1. The number of rotatable bonds is 17. The number of hydrogen-bond acceptors (Lipinski definition) is 4.